The molecule has 24 heavy (non-hydrogen) atoms. The van der Waals surface area contributed by atoms with E-state index >= 15 is 0 Å². The van der Waals surface area contributed by atoms with Gasteiger partial charge in [0.05, 0.1) is 6.04 Å². The van der Waals surface area contributed by atoms with E-state index in [1.54, 1.807) is 30.5 Å². The molecule has 0 aliphatic carbocycles. The van der Waals surface area contributed by atoms with Crippen LogP contribution in [0.3, 0.4) is 0 Å². The minimum atomic E-state index is -1.07. The molecule has 0 aromatic heterocycles. The zero-order valence-corrected chi connectivity index (χ0v) is 15.0. The summed E-state index contributed by atoms with van der Waals surface area (Å²) in [5.74, 6) is 0. The second kappa shape index (κ2) is 8.61. The molecule has 0 saturated heterocycles. The zero-order valence-electron chi connectivity index (χ0n) is 14.2. The molecule has 0 spiro atoms. The van der Waals surface area contributed by atoms with E-state index in [0.29, 0.717) is 17.1 Å². The fraction of sp³-hybridized carbons (Fsp3) is 0.278. The van der Waals surface area contributed by atoms with Crippen LogP contribution in [0.25, 0.3) is 0 Å². The molecule has 2 N–H and O–H groups in total. The molecule has 0 radical (unpaired) electrons. The van der Waals surface area contributed by atoms with Crippen LogP contribution in [0.2, 0.25) is 0 Å². The van der Waals surface area contributed by atoms with Gasteiger partial charge in [0, 0.05) is 34.2 Å². The van der Waals surface area contributed by atoms with E-state index in [1.807, 2.05) is 44.4 Å². The average molecular weight is 345 g/mol. The molecule has 0 bridgehead atoms. The number of nitrogens with zero attached hydrogens (tertiary/aromatic N) is 1. The fourth-order valence-electron chi connectivity index (χ4n) is 2.39. The Labute approximate surface area is 145 Å². The summed E-state index contributed by atoms with van der Waals surface area (Å²) in [5.41, 5.74) is 1.77. The van der Waals surface area contributed by atoms with Crippen molar-refractivity contribution in [3.8, 4) is 0 Å². The summed E-state index contributed by atoms with van der Waals surface area (Å²) in [4.78, 5) is 14.9. The molecule has 2 atom stereocenters. The maximum Gasteiger partial charge on any atom is 0.319 e. The van der Waals surface area contributed by atoms with Crippen LogP contribution < -0.4 is 10.6 Å². The number of rotatable bonds is 6. The Morgan fingerprint density at radius 3 is 2.46 bits per heavy atom. The van der Waals surface area contributed by atoms with E-state index in [2.05, 4.69) is 15.5 Å². The second-order valence-corrected chi connectivity index (χ2v) is 7.09. The molecule has 2 rings (SSSR count). The third kappa shape index (κ3) is 5.18. The zero-order chi connectivity index (χ0) is 17.5. The van der Waals surface area contributed by atoms with Crippen LogP contribution in [0.5, 0.6) is 0 Å². The van der Waals surface area contributed by atoms with E-state index in [9.17, 15) is 9.00 Å². The molecule has 2 aromatic carbocycles. The topological polar surface area (TPSA) is 61.4 Å². The fourth-order valence-corrected chi connectivity index (χ4v) is 2.95. The van der Waals surface area contributed by atoms with Crippen LogP contribution in [0.4, 0.5) is 10.5 Å². The van der Waals surface area contributed by atoms with Gasteiger partial charge in [-0.25, -0.2) is 4.79 Å². The van der Waals surface area contributed by atoms with E-state index in [-0.39, 0.29) is 12.1 Å². The number of likely N-dealkylation sites (N-methyl/N-ethyl adjacent to an activating group) is 1. The lowest BCUT2D eigenvalue weighted by atomic mass is 10.1. The van der Waals surface area contributed by atoms with E-state index in [0.717, 1.165) is 5.56 Å². The molecule has 128 valence electrons. The van der Waals surface area contributed by atoms with E-state index in [4.69, 9.17) is 0 Å². The van der Waals surface area contributed by atoms with Crippen LogP contribution in [0.1, 0.15) is 11.6 Å². The van der Waals surface area contributed by atoms with Crippen molar-refractivity contribution < 1.29 is 9.00 Å². The lowest BCUT2D eigenvalue weighted by molar-refractivity contribution is 0.243. The Morgan fingerprint density at radius 2 is 1.83 bits per heavy atom. The van der Waals surface area contributed by atoms with Gasteiger partial charge >= 0.3 is 6.03 Å². The van der Waals surface area contributed by atoms with Gasteiger partial charge in [-0.3, -0.25) is 4.21 Å². The van der Waals surface area contributed by atoms with Gasteiger partial charge in [0.2, 0.25) is 0 Å². The number of carbonyl (C=O) groups is 1. The Bertz CT molecular complexity index is 704. The summed E-state index contributed by atoms with van der Waals surface area (Å²) in [5, 5.41) is 5.67. The highest BCUT2D eigenvalue weighted by Crippen LogP contribution is 2.17. The first-order valence-electron chi connectivity index (χ1n) is 7.67. The molecule has 6 heteroatoms. The first kappa shape index (κ1) is 18.2. The number of amides is 2. The van der Waals surface area contributed by atoms with Gasteiger partial charge in [-0.2, -0.15) is 0 Å². The summed E-state index contributed by atoms with van der Waals surface area (Å²) < 4.78 is 11.5. The quantitative estimate of drug-likeness (QED) is 0.846. The van der Waals surface area contributed by atoms with Crippen molar-refractivity contribution in [1.29, 1.82) is 0 Å². The molecule has 0 heterocycles. The molecule has 2 aromatic rings. The highest BCUT2D eigenvalue weighted by atomic mass is 32.2. The third-order valence-corrected chi connectivity index (χ3v) is 4.61. The molecular weight excluding hydrogens is 322 g/mol. The Hall–Kier alpha value is -2.18. The van der Waals surface area contributed by atoms with Gasteiger partial charge in [0.1, 0.15) is 0 Å². The standard InChI is InChI=1S/C18H23N3O2S/c1-21(2)17(14-8-5-4-6-9-14)13-19-18(22)20-15-10-7-11-16(12-15)24(3)23/h4-12,17H,13H2,1-3H3,(H2,19,20,22)/t17-,24-/m1/s1. The van der Waals surface area contributed by atoms with Crippen molar-refractivity contribution in [3.63, 3.8) is 0 Å². The molecule has 0 aliphatic heterocycles. The van der Waals surface area contributed by atoms with Gasteiger partial charge in [-0.05, 0) is 37.9 Å². The molecule has 0 saturated carbocycles. The number of urea groups is 1. The summed E-state index contributed by atoms with van der Waals surface area (Å²) in [6.07, 6.45) is 1.61. The SMILES string of the molecule is CN(C)[C@H](CNC(=O)Nc1cccc([S@@](C)=O)c1)c1ccccc1. The lowest BCUT2D eigenvalue weighted by Gasteiger charge is -2.25. The minimum Gasteiger partial charge on any atom is -0.336 e. The predicted octanol–water partition coefficient (Wildman–Crippen LogP) is 2.85. The van der Waals surface area contributed by atoms with Crippen LogP contribution >= 0.6 is 0 Å². The number of carbonyl (C=O) groups excluding carboxylic acids is 1. The summed E-state index contributed by atoms with van der Waals surface area (Å²) in [6.45, 7) is 0.488. The normalized spacial score (nSPS) is 13.3. The van der Waals surface area contributed by atoms with Crippen molar-refractivity contribution in [1.82, 2.24) is 10.2 Å². The van der Waals surface area contributed by atoms with Gasteiger partial charge in [0.15, 0.2) is 0 Å². The number of hydrogen-bond acceptors (Lipinski definition) is 3. The highest BCUT2D eigenvalue weighted by Gasteiger charge is 2.15. The van der Waals surface area contributed by atoms with Crippen molar-refractivity contribution in [2.24, 2.45) is 0 Å². The predicted molar refractivity (Wildman–Crippen MR) is 98.7 cm³/mol. The summed E-state index contributed by atoms with van der Waals surface area (Å²) in [7, 11) is 2.89. The number of benzene rings is 2. The number of anilines is 1. The molecule has 0 fully saturated rings. The molecule has 2 amide bonds. The van der Waals surface area contributed by atoms with Crippen LogP contribution in [-0.2, 0) is 10.8 Å². The summed E-state index contributed by atoms with van der Waals surface area (Å²) in [6, 6.07) is 16.9. The van der Waals surface area contributed by atoms with Crippen LogP contribution in [0, 0.1) is 0 Å². The van der Waals surface area contributed by atoms with Crippen molar-refractivity contribution in [2.75, 3.05) is 32.2 Å². The van der Waals surface area contributed by atoms with E-state index in [1.165, 1.54) is 0 Å². The van der Waals surface area contributed by atoms with Crippen molar-refractivity contribution in [2.45, 2.75) is 10.9 Å². The number of hydrogen-bond donors (Lipinski definition) is 2. The third-order valence-electron chi connectivity index (χ3n) is 3.69. The number of nitrogens with one attached hydrogen (secondary N) is 2. The minimum absolute atomic E-state index is 0.0893. The van der Waals surface area contributed by atoms with E-state index < -0.39 is 10.8 Å². The molecular formula is C18H23N3O2S. The molecule has 0 unspecified atom stereocenters. The Morgan fingerprint density at radius 1 is 1.12 bits per heavy atom. The summed E-state index contributed by atoms with van der Waals surface area (Å²) >= 11 is 0. The highest BCUT2D eigenvalue weighted by molar-refractivity contribution is 7.84. The smallest absolute Gasteiger partial charge is 0.319 e. The second-order valence-electron chi connectivity index (χ2n) is 5.71. The van der Waals surface area contributed by atoms with Gasteiger partial charge in [-0.15, -0.1) is 0 Å². The Kier molecular flexibility index (Phi) is 6.52. The van der Waals surface area contributed by atoms with Crippen LogP contribution in [-0.4, -0.2) is 42.0 Å². The molecule has 0 aliphatic rings. The van der Waals surface area contributed by atoms with Crippen LogP contribution in [0.15, 0.2) is 59.5 Å². The average Bonchev–Trinajstić information content (AvgIpc) is 2.56. The first-order chi connectivity index (χ1) is 11.5. The largest absolute Gasteiger partial charge is 0.336 e. The van der Waals surface area contributed by atoms with Gasteiger partial charge < -0.3 is 15.5 Å². The maximum absolute atomic E-state index is 12.1. The van der Waals surface area contributed by atoms with Gasteiger partial charge in [0.25, 0.3) is 0 Å². The lowest BCUT2D eigenvalue weighted by Crippen LogP contribution is -2.36. The molecule has 5 nitrogen and oxygen atoms in total. The first-order valence-corrected chi connectivity index (χ1v) is 9.23. The van der Waals surface area contributed by atoms with Crippen molar-refractivity contribution >= 4 is 22.5 Å². The maximum atomic E-state index is 12.1. The Balaban J connectivity index is 1.96. The van der Waals surface area contributed by atoms with Crippen molar-refractivity contribution in [3.05, 3.63) is 60.2 Å². The monoisotopic (exact) mass is 345 g/mol. The van der Waals surface area contributed by atoms with Gasteiger partial charge in [-0.1, -0.05) is 36.4 Å².